The van der Waals surface area contributed by atoms with E-state index in [0.29, 0.717) is 50.2 Å². The molecule has 0 saturated heterocycles. The van der Waals surface area contributed by atoms with Crippen molar-refractivity contribution < 1.29 is 15.3 Å². The van der Waals surface area contributed by atoms with Crippen LogP contribution in [-0.4, -0.2) is 45.2 Å². The molecule has 6 N–H and O–H groups in total. The fourth-order valence-electron chi connectivity index (χ4n) is 3.78. The number of hydrogen-bond donors (Lipinski definition) is 6. The van der Waals surface area contributed by atoms with Crippen LogP contribution in [0.3, 0.4) is 0 Å². The van der Waals surface area contributed by atoms with Crippen molar-refractivity contribution >= 4 is 32.7 Å². The average Bonchev–Trinajstić information content (AvgIpc) is 2.87. The Morgan fingerprint density at radius 1 is 0.487 bits per heavy atom. The van der Waals surface area contributed by atoms with Gasteiger partial charge in [-0.1, -0.05) is 18.2 Å². The SMILES string of the molecule is Cc1nc2c(O)cccc2c(=O)[nH]1.Cc1nc2c(O)cccc2c(=O)[nH]1.Cc1nc2c(O)cccc2c(=O)[nH]1. The zero-order chi connectivity index (χ0) is 28.3. The fourth-order valence-corrected chi connectivity index (χ4v) is 3.78. The summed E-state index contributed by atoms with van der Waals surface area (Å²) in [7, 11) is 0. The minimum atomic E-state index is -0.224. The molecule has 198 valence electrons. The molecule has 0 saturated carbocycles. The van der Waals surface area contributed by atoms with Crippen molar-refractivity contribution in [3.05, 3.63) is 103 Å². The molecule has 0 fully saturated rings. The zero-order valence-corrected chi connectivity index (χ0v) is 21.1. The highest BCUT2D eigenvalue weighted by Crippen LogP contribution is 2.20. The Kier molecular flexibility index (Phi) is 7.38. The minimum Gasteiger partial charge on any atom is -0.506 e. The van der Waals surface area contributed by atoms with Gasteiger partial charge in [0.05, 0.1) is 16.2 Å². The Hall–Kier alpha value is -5.52. The lowest BCUT2D eigenvalue weighted by Crippen LogP contribution is -2.09. The Balaban J connectivity index is 0.000000136. The van der Waals surface area contributed by atoms with Gasteiger partial charge in [-0.25, -0.2) is 15.0 Å². The Morgan fingerprint density at radius 2 is 0.744 bits per heavy atom. The van der Waals surface area contributed by atoms with Crippen molar-refractivity contribution in [3.8, 4) is 17.2 Å². The number of aromatic hydroxyl groups is 3. The summed E-state index contributed by atoms with van der Waals surface area (Å²) in [5.74, 6) is 1.60. The van der Waals surface area contributed by atoms with Crippen LogP contribution < -0.4 is 16.7 Å². The van der Waals surface area contributed by atoms with E-state index in [2.05, 4.69) is 29.9 Å². The molecule has 0 amide bonds. The van der Waals surface area contributed by atoms with Gasteiger partial charge >= 0.3 is 0 Å². The maximum atomic E-state index is 11.3. The summed E-state index contributed by atoms with van der Waals surface area (Å²) < 4.78 is 0. The lowest BCUT2D eigenvalue weighted by molar-refractivity contribution is 0.479. The van der Waals surface area contributed by atoms with Gasteiger partial charge in [-0.3, -0.25) is 14.4 Å². The molecule has 0 bridgehead atoms. The topological polar surface area (TPSA) is 198 Å². The van der Waals surface area contributed by atoms with Crippen LogP contribution in [0.2, 0.25) is 0 Å². The molecule has 12 nitrogen and oxygen atoms in total. The van der Waals surface area contributed by atoms with E-state index in [9.17, 15) is 29.7 Å². The second-order valence-corrected chi connectivity index (χ2v) is 8.47. The van der Waals surface area contributed by atoms with Crippen molar-refractivity contribution in [1.82, 2.24) is 29.9 Å². The molecule has 3 aromatic heterocycles. The van der Waals surface area contributed by atoms with Gasteiger partial charge in [-0.2, -0.15) is 0 Å². The molecule has 0 unspecified atom stereocenters. The summed E-state index contributed by atoms with van der Waals surface area (Å²) >= 11 is 0. The number of H-pyrrole nitrogens is 3. The number of phenolic OH excluding ortho intramolecular Hbond substituents is 3. The van der Waals surface area contributed by atoms with Crippen molar-refractivity contribution in [1.29, 1.82) is 0 Å². The number of nitrogens with zero attached hydrogens (tertiary/aromatic N) is 3. The second-order valence-electron chi connectivity index (χ2n) is 8.47. The van der Waals surface area contributed by atoms with Gasteiger partial charge in [-0.05, 0) is 57.2 Å². The molecule has 0 aliphatic carbocycles. The Morgan fingerprint density at radius 3 is 1.00 bits per heavy atom. The van der Waals surface area contributed by atoms with E-state index in [1.54, 1.807) is 57.2 Å². The second kappa shape index (κ2) is 10.8. The number of aromatic nitrogens is 6. The van der Waals surface area contributed by atoms with Crippen LogP contribution in [0.25, 0.3) is 32.7 Å². The first kappa shape index (κ1) is 26.5. The normalized spacial score (nSPS) is 10.5. The first-order chi connectivity index (χ1) is 18.5. The summed E-state index contributed by atoms with van der Waals surface area (Å²) in [4.78, 5) is 53.8. The molecule has 0 radical (unpaired) electrons. The number of phenols is 3. The van der Waals surface area contributed by atoms with E-state index >= 15 is 0 Å². The number of benzene rings is 3. The van der Waals surface area contributed by atoms with Crippen LogP contribution >= 0.6 is 0 Å². The van der Waals surface area contributed by atoms with Crippen LogP contribution in [-0.2, 0) is 0 Å². The number of para-hydroxylation sites is 3. The van der Waals surface area contributed by atoms with Gasteiger partial charge in [0, 0.05) is 0 Å². The third-order valence-electron chi connectivity index (χ3n) is 5.50. The number of hydrogen-bond acceptors (Lipinski definition) is 9. The molecule has 3 heterocycles. The van der Waals surface area contributed by atoms with E-state index in [4.69, 9.17) is 0 Å². The maximum Gasteiger partial charge on any atom is 0.258 e. The van der Waals surface area contributed by atoms with Gasteiger partial charge in [0.2, 0.25) is 0 Å². The van der Waals surface area contributed by atoms with Crippen LogP contribution in [0.15, 0.2) is 69.0 Å². The number of fused-ring (bicyclic) bond motifs is 3. The van der Waals surface area contributed by atoms with Gasteiger partial charge < -0.3 is 30.3 Å². The lowest BCUT2D eigenvalue weighted by Gasteiger charge is -1.99. The molecular formula is C27H24N6O6. The van der Waals surface area contributed by atoms with Crippen LogP contribution in [0.5, 0.6) is 17.2 Å². The molecule has 6 rings (SSSR count). The highest BCUT2D eigenvalue weighted by atomic mass is 16.3. The van der Waals surface area contributed by atoms with Crippen molar-refractivity contribution in [2.24, 2.45) is 0 Å². The summed E-state index contributed by atoms with van der Waals surface area (Å²) in [5, 5.41) is 29.4. The van der Waals surface area contributed by atoms with Crippen LogP contribution in [0, 0.1) is 20.8 Å². The van der Waals surface area contributed by atoms with E-state index < -0.39 is 0 Å². The highest BCUT2D eigenvalue weighted by Gasteiger charge is 2.06. The summed E-state index contributed by atoms with van der Waals surface area (Å²) in [6.45, 7) is 5.02. The molecule has 3 aromatic carbocycles. The van der Waals surface area contributed by atoms with E-state index in [1.165, 1.54) is 18.2 Å². The maximum absolute atomic E-state index is 11.3. The fraction of sp³-hybridized carbons (Fsp3) is 0.111. The van der Waals surface area contributed by atoms with Crippen molar-refractivity contribution in [2.75, 3.05) is 0 Å². The number of rotatable bonds is 0. The molecular weight excluding hydrogens is 504 g/mol. The van der Waals surface area contributed by atoms with Crippen molar-refractivity contribution in [2.45, 2.75) is 20.8 Å². The van der Waals surface area contributed by atoms with Crippen LogP contribution in [0.4, 0.5) is 0 Å². The molecule has 12 heteroatoms. The first-order valence-electron chi connectivity index (χ1n) is 11.6. The molecule has 0 spiro atoms. The van der Waals surface area contributed by atoms with E-state index in [-0.39, 0.29) is 33.9 Å². The van der Waals surface area contributed by atoms with Gasteiger partial charge in [-0.15, -0.1) is 0 Å². The third kappa shape index (κ3) is 5.74. The molecule has 39 heavy (non-hydrogen) atoms. The molecule has 6 aromatic rings. The van der Waals surface area contributed by atoms with E-state index in [1.807, 2.05) is 0 Å². The van der Waals surface area contributed by atoms with Gasteiger partial charge in [0.15, 0.2) is 0 Å². The predicted octanol–water partition coefficient (Wildman–Crippen LogP) is 2.81. The number of aryl methyl sites for hydroxylation is 3. The van der Waals surface area contributed by atoms with E-state index in [0.717, 1.165) is 0 Å². The monoisotopic (exact) mass is 528 g/mol. The first-order valence-corrected chi connectivity index (χ1v) is 11.6. The van der Waals surface area contributed by atoms with Gasteiger partial charge in [0.25, 0.3) is 16.7 Å². The predicted molar refractivity (Wildman–Crippen MR) is 146 cm³/mol. The number of nitrogens with one attached hydrogen (secondary N) is 3. The summed E-state index contributed by atoms with van der Waals surface area (Å²) in [5.41, 5.74) is 0.381. The quantitative estimate of drug-likeness (QED) is 0.172. The van der Waals surface area contributed by atoms with Gasteiger partial charge in [0.1, 0.15) is 51.3 Å². The number of aromatic amines is 3. The molecule has 0 aliphatic rings. The lowest BCUT2D eigenvalue weighted by atomic mass is 10.2. The van der Waals surface area contributed by atoms with Crippen molar-refractivity contribution in [3.63, 3.8) is 0 Å². The largest absolute Gasteiger partial charge is 0.506 e. The average molecular weight is 529 g/mol. The highest BCUT2D eigenvalue weighted by molar-refractivity contribution is 5.84. The zero-order valence-electron chi connectivity index (χ0n) is 21.1. The smallest absolute Gasteiger partial charge is 0.258 e. The standard InChI is InChI=1S/3C9H8N2O2/c3*1-5-10-8-6(9(13)11-5)3-2-4-7(8)12/h3*2-4,12H,1H3,(H,10,11,13). The molecule has 0 atom stereocenters. The summed E-state index contributed by atoms with van der Waals surface area (Å²) in [6.07, 6.45) is 0. The molecule has 0 aliphatic heterocycles. The van der Waals surface area contributed by atoms with Crippen LogP contribution in [0.1, 0.15) is 17.5 Å². The third-order valence-corrected chi connectivity index (χ3v) is 5.50. The Labute approximate surface area is 219 Å². The summed E-state index contributed by atoms with van der Waals surface area (Å²) in [6, 6.07) is 14.2. The Bertz CT molecular complexity index is 1780. The minimum absolute atomic E-state index is 0.0340.